The van der Waals surface area contributed by atoms with Crippen LogP contribution in [0.3, 0.4) is 0 Å². The summed E-state index contributed by atoms with van der Waals surface area (Å²) in [6.45, 7) is 2.47. The lowest BCUT2D eigenvalue weighted by Crippen LogP contribution is -2.51. The number of pyridine rings is 1. The summed E-state index contributed by atoms with van der Waals surface area (Å²) < 4.78 is 0. The molecule has 1 saturated heterocycles. The fourth-order valence-corrected chi connectivity index (χ4v) is 3.47. The number of likely N-dealkylation sites (N-methyl/N-ethyl adjacent to an activating group) is 1. The number of halogens is 2. The Balaban J connectivity index is 1.91. The van der Waals surface area contributed by atoms with E-state index in [1.54, 1.807) is 19.3 Å². The molecule has 1 amide bonds. The molecular formula is C18H21Cl2N5O. The summed E-state index contributed by atoms with van der Waals surface area (Å²) >= 11 is 12.0. The summed E-state index contributed by atoms with van der Waals surface area (Å²) in [6, 6.07) is 9.43. The van der Waals surface area contributed by atoms with Crippen LogP contribution in [-0.2, 0) is 4.79 Å². The van der Waals surface area contributed by atoms with Crippen molar-refractivity contribution in [3.8, 4) is 0 Å². The highest BCUT2D eigenvalue weighted by Gasteiger charge is 2.31. The minimum absolute atomic E-state index is 0.00153. The number of aromatic nitrogens is 1. The monoisotopic (exact) mass is 393 g/mol. The summed E-state index contributed by atoms with van der Waals surface area (Å²) in [5.74, 6) is 0.700. The first-order valence-electron chi connectivity index (χ1n) is 8.34. The fraction of sp³-hybridized carbons (Fsp3) is 0.333. The van der Waals surface area contributed by atoms with Crippen LogP contribution in [0.4, 0.5) is 11.5 Å². The number of piperazine rings is 1. The number of nitrogen functional groups attached to an aromatic ring is 1. The number of rotatable bonds is 4. The van der Waals surface area contributed by atoms with Crippen LogP contribution < -0.4 is 16.0 Å². The largest absolute Gasteiger partial charge is 0.396 e. The van der Waals surface area contributed by atoms with Crippen molar-refractivity contribution in [2.75, 3.05) is 43.9 Å². The first-order valence-corrected chi connectivity index (χ1v) is 9.09. The Morgan fingerprint density at radius 2 is 2.00 bits per heavy atom. The van der Waals surface area contributed by atoms with E-state index in [4.69, 9.17) is 28.9 Å². The third-order valence-corrected chi connectivity index (χ3v) is 4.96. The number of benzene rings is 1. The van der Waals surface area contributed by atoms with Crippen molar-refractivity contribution >= 4 is 40.6 Å². The van der Waals surface area contributed by atoms with E-state index in [0.29, 0.717) is 41.2 Å². The summed E-state index contributed by atoms with van der Waals surface area (Å²) in [7, 11) is 1.65. The maximum Gasteiger partial charge on any atom is 0.233 e. The Hall–Kier alpha value is -2.02. The highest BCUT2D eigenvalue weighted by molar-refractivity contribution is 6.31. The Morgan fingerprint density at radius 3 is 2.65 bits per heavy atom. The number of hydrogen-bond acceptors (Lipinski definition) is 5. The van der Waals surface area contributed by atoms with Gasteiger partial charge >= 0.3 is 0 Å². The van der Waals surface area contributed by atoms with E-state index in [0.717, 1.165) is 12.1 Å². The third kappa shape index (κ3) is 4.20. The van der Waals surface area contributed by atoms with E-state index >= 15 is 0 Å². The zero-order chi connectivity index (χ0) is 18.7. The molecule has 6 nitrogen and oxygen atoms in total. The molecule has 0 bridgehead atoms. The van der Waals surface area contributed by atoms with E-state index in [2.05, 4.69) is 20.1 Å². The molecule has 0 unspecified atom stereocenters. The van der Waals surface area contributed by atoms with Crippen molar-refractivity contribution in [1.29, 1.82) is 0 Å². The van der Waals surface area contributed by atoms with E-state index in [9.17, 15) is 4.79 Å². The van der Waals surface area contributed by atoms with E-state index in [-0.39, 0.29) is 11.9 Å². The standard InChI is InChI=1S/C18H21Cl2N5O/c1-22-17(26)11-24-6-7-25(18-15(21)8-14(20)9-23-18)16(10-24)12-2-4-13(19)5-3-12/h2-5,8-9,16H,6-7,10-11,21H2,1H3,(H,22,26)/t16-/m1/s1. The van der Waals surface area contributed by atoms with Gasteiger partial charge in [0.2, 0.25) is 5.91 Å². The van der Waals surface area contributed by atoms with Gasteiger partial charge in [-0.05, 0) is 23.8 Å². The molecular weight excluding hydrogens is 373 g/mol. The van der Waals surface area contributed by atoms with Crippen LogP contribution in [0, 0.1) is 0 Å². The lowest BCUT2D eigenvalue weighted by molar-refractivity contribution is -0.121. The molecule has 8 heteroatoms. The number of carbonyl (C=O) groups excluding carboxylic acids is 1. The van der Waals surface area contributed by atoms with E-state index in [1.165, 1.54) is 0 Å². The Bertz CT molecular complexity index is 784. The summed E-state index contributed by atoms with van der Waals surface area (Å²) in [4.78, 5) is 20.5. The number of carbonyl (C=O) groups is 1. The molecule has 26 heavy (non-hydrogen) atoms. The number of amides is 1. The molecule has 1 aliphatic heterocycles. The van der Waals surface area contributed by atoms with Crippen LogP contribution in [0.25, 0.3) is 0 Å². The van der Waals surface area contributed by atoms with Gasteiger partial charge in [0.25, 0.3) is 0 Å². The zero-order valence-electron chi connectivity index (χ0n) is 14.5. The molecule has 3 N–H and O–H groups in total. The van der Waals surface area contributed by atoms with Crippen molar-refractivity contribution in [1.82, 2.24) is 15.2 Å². The predicted octanol–water partition coefficient (Wildman–Crippen LogP) is 2.58. The van der Waals surface area contributed by atoms with Crippen LogP contribution in [0.1, 0.15) is 11.6 Å². The number of nitrogens with one attached hydrogen (secondary N) is 1. The van der Waals surface area contributed by atoms with Crippen LogP contribution in [-0.4, -0.2) is 49.0 Å². The predicted molar refractivity (Wildman–Crippen MR) is 106 cm³/mol. The molecule has 2 heterocycles. The summed E-state index contributed by atoms with van der Waals surface area (Å²) in [6.07, 6.45) is 1.60. The van der Waals surface area contributed by atoms with Crippen LogP contribution in [0.2, 0.25) is 10.0 Å². The van der Waals surface area contributed by atoms with Gasteiger partial charge in [-0.15, -0.1) is 0 Å². The van der Waals surface area contributed by atoms with Crippen molar-refractivity contribution in [3.05, 3.63) is 52.1 Å². The molecule has 1 aliphatic rings. The maximum atomic E-state index is 11.8. The highest BCUT2D eigenvalue weighted by Crippen LogP contribution is 2.34. The first-order chi connectivity index (χ1) is 12.5. The number of anilines is 2. The van der Waals surface area contributed by atoms with Crippen molar-refractivity contribution in [2.45, 2.75) is 6.04 Å². The molecule has 3 rings (SSSR count). The average Bonchev–Trinajstić information content (AvgIpc) is 2.63. The Kier molecular flexibility index (Phi) is 5.86. The van der Waals surface area contributed by atoms with Gasteiger partial charge in [0.15, 0.2) is 5.82 Å². The summed E-state index contributed by atoms with van der Waals surface area (Å²) in [5.41, 5.74) is 7.79. The van der Waals surface area contributed by atoms with Gasteiger partial charge in [-0.3, -0.25) is 9.69 Å². The number of nitrogens with zero attached hydrogens (tertiary/aromatic N) is 3. The minimum Gasteiger partial charge on any atom is -0.396 e. The van der Waals surface area contributed by atoms with E-state index in [1.807, 2.05) is 24.3 Å². The van der Waals surface area contributed by atoms with E-state index < -0.39 is 0 Å². The van der Waals surface area contributed by atoms with Crippen molar-refractivity contribution in [2.24, 2.45) is 0 Å². The quantitative estimate of drug-likeness (QED) is 0.834. The molecule has 138 valence electrons. The topological polar surface area (TPSA) is 74.5 Å². The minimum atomic E-state index is -0.00237. The molecule has 0 spiro atoms. The van der Waals surface area contributed by atoms with Gasteiger partial charge in [-0.2, -0.15) is 0 Å². The second-order valence-corrected chi connectivity index (χ2v) is 7.11. The molecule has 1 fully saturated rings. The lowest BCUT2D eigenvalue weighted by atomic mass is 10.0. The van der Waals surface area contributed by atoms with Crippen molar-refractivity contribution < 1.29 is 4.79 Å². The Morgan fingerprint density at radius 1 is 1.27 bits per heavy atom. The van der Waals surface area contributed by atoms with Crippen molar-refractivity contribution in [3.63, 3.8) is 0 Å². The molecule has 1 aromatic carbocycles. The zero-order valence-corrected chi connectivity index (χ0v) is 16.0. The van der Waals surface area contributed by atoms with Gasteiger partial charge in [0.1, 0.15) is 0 Å². The molecule has 1 aromatic heterocycles. The molecule has 0 radical (unpaired) electrons. The molecule has 2 aromatic rings. The SMILES string of the molecule is CNC(=O)CN1CCN(c2ncc(Cl)cc2N)[C@@H](c2ccc(Cl)cc2)C1. The van der Waals surface area contributed by atoms with Crippen LogP contribution in [0.15, 0.2) is 36.5 Å². The fourth-order valence-electron chi connectivity index (χ4n) is 3.18. The highest BCUT2D eigenvalue weighted by atomic mass is 35.5. The lowest BCUT2D eigenvalue weighted by Gasteiger charge is -2.42. The van der Waals surface area contributed by atoms with Gasteiger partial charge in [0.05, 0.1) is 23.3 Å². The first kappa shape index (κ1) is 18.8. The number of hydrogen-bond donors (Lipinski definition) is 2. The summed E-state index contributed by atoms with van der Waals surface area (Å²) in [5, 5.41) is 3.86. The van der Waals surface area contributed by atoms with Crippen LogP contribution in [0.5, 0.6) is 0 Å². The second-order valence-electron chi connectivity index (χ2n) is 6.24. The van der Waals surface area contributed by atoms with Crippen LogP contribution >= 0.6 is 23.2 Å². The maximum absolute atomic E-state index is 11.8. The second kappa shape index (κ2) is 8.12. The molecule has 1 atom stereocenters. The van der Waals surface area contributed by atoms with Gasteiger partial charge in [-0.1, -0.05) is 35.3 Å². The smallest absolute Gasteiger partial charge is 0.233 e. The van der Waals surface area contributed by atoms with Gasteiger partial charge < -0.3 is 16.0 Å². The third-order valence-electron chi connectivity index (χ3n) is 4.50. The average molecular weight is 394 g/mol. The van der Waals surface area contributed by atoms with Gasteiger partial charge in [-0.25, -0.2) is 4.98 Å². The van der Waals surface area contributed by atoms with Gasteiger partial charge in [0, 0.05) is 37.9 Å². The molecule has 0 aliphatic carbocycles. The molecule has 0 saturated carbocycles. The Labute approximate surface area is 162 Å². The normalized spacial score (nSPS) is 18.0. The number of nitrogens with two attached hydrogens (primary N) is 1.